The van der Waals surface area contributed by atoms with Crippen molar-refractivity contribution in [2.45, 2.75) is 17.4 Å². The third-order valence-corrected chi connectivity index (χ3v) is 5.96. The Hall–Kier alpha value is -2.64. The molecule has 0 fully saturated rings. The van der Waals surface area contributed by atoms with Crippen molar-refractivity contribution in [2.24, 2.45) is 0 Å². The number of aliphatic hydroxyl groups excluding tert-OH is 1. The number of nitrogens with one attached hydrogen (secondary N) is 1. The Balaban J connectivity index is 1.57. The van der Waals surface area contributed by atoms with Crippen LogP contribution in [0.3, 0.4) is 0 Å². The van der Waals surface area contributed by atoms with Gasteiger partial charge in [-0.05, 0) is 29.7 Å². The largest absolute Gasteiger partial charge is 0.444 e. The molecule has 2 aromatic rings. The number of amides is 1. The van der Waals surface area contributed by atoms with Crippen molar-refractivity contribution in [1.29, 1.82) is 0 Å². The summed E-state index contributed by atoms with van der Waals surface area (Å²) < 4.78 is 29.8. The molecule has 0 aromatic heterocycles. The predicted molar refractivity (Wildman–Crippen MR) is 97.1 cm³/mol. The Morgan fingerprint density at radius 3 is 2.46 bits per heavy atom. The number of rotatable bonds is 6. The Bertz CT molecular complexity index is 922. The van der Waals surface area contributed by atoms with Crippen LogP contribution in [0.1, 0.15) is 11.1 Å². The van der Waals surface area contributed by atoms with Crippen molar-refractivity contribution in [3.63, 3.8) is 0 Å². The average molecular weight is 373 g/mol. The summed E-state index contributed by atoms with van der Waals surface area (Å²) in [6, 6.07) is 15.5. The molecule has 26 heavy (non-hydrogen) atoms. The minimum Gasteiger partial charge on any atom is -0.444 e. The molecule has 3 rings (SSSR count). The third kappa shape index (κ3) is 3.95. The minimum atomic E-state index is -3.62. The molecule has 2 N–H and O–H groups in total. The van der Waals surface area contributed by atoms with Crippen molar-refractivity contribution in [2.75, 3.05) is 13.2 Å². The van der Waals surface area contributed by atoms with Crippen LogP contribution in [-0.4, -0.2) is 38.9 Å². The first-order valence-electron chi connectivity index (χ1n) is 8.13. The molecule has 2 aromatic carbocycles. The summed E-state index contributed by atoms with van der Waals surface area (Å²) in [5.74, 6) is 0. The van der Waals surface area contributed by atoms with Crippen molar-refractivity contribution >= 4 is 22.0 Å². The summed E-state index contributed by atoms with van der Waals surface area (Å²) in [5.41, 5.74) is 1.55. The highest BCUT2D eigenvalue weighted by Crippen LogP contribution is 2.32. The first-order chi connectivity index (χ1) is 12.5. The standard InChI is InChI=1S/C19H19NO5S/c21-12-16(10-14-6-2-1-3-7-14)20-19(22)25-13-17-11-15-8-4-5-9-18(15)26(17,23)24/h1-9,11,16,21H,10,12-13H2,(H,20,22)/t16-/m0/s1. The van der Waals surface area contributed by atoms with Crippen LogP contribution in [0, 0.1) is 0 Å². The summed E-state index contributed by atoms with van der Waals surface area (Å²) in [4.78, 5) is 12.2. The Labute approximate surface area is 152 Å². The molecule has 7 heteroatoms. The lowest BCUT2D eigenvalue weighted by Gasteiger charge is -2.16. The van der Waals surface area contributed by atoms with Crippen LogP contribution < -0.4 is 5.32 Å². The topological polar surface area (TPSA) is 92.7 Å². The molecule has 0 aliphatic carbocycles. The molecule has 0 saturated heterocycles. The van der Waals surface area contributed by atoms with Crippen LogP contribution in [0.5, 0.6) is 0 Å². The van der Waals surface area contributed by atoms with E-state index < -0.39 is 22.0 Å². The number of aliphatic hydroxyl groups is 1. The number of benzene rings is 2. The first kappa shape index (κ1) is 18.2. The summed E-state index contributed by atoms with van der Waals surface area (Å²) in [5, 5.41) is 12.0. The molecule has 136 valence electrons. The highest BCUT2D eigenvalue weighted by Gasteiger charge is 2.30. The van der Waals surface area contributed by atoms with Crippen LogP contribution in [0.4, 0.5) is 4.79 Å². The number of fused-ring (bicyclic) bond motifs is 1. The monoisotopic (exact) mass is 373 g/mol. The smallest absolute Gasteiger partial charge is 0.407 e. The minimum absolute atomic E-state index is 0.0393. The molecule has 0 spiro atoms. The van der Waals surface area contributed by atoms with Crippen LogP contribution >= 0.6 is 0 Å². The van der Waals surface area contributed by atoms with E-state index in [9.17, 15) is 18.3 Å². The van der Waals surface area contributed by atoms with E-state index in [0.717, 1.165) is 5.56 Å². The van der Waals surface area contributed by atoms with Crippen molar-refractivity contribution in [3.05, 3.63) is 70.6 Å². The summed E-state index contributed by atoms with van der Waals surface area (Å²) in [6.45, 7) is -0.608. The SMILES string of the molecule is O=C(N[C@H](CO)Cc1ccccc1)OCC1=Cc2ccccc2S1(=O)=O. The molecule has 1 atom stereocenters. The molecular formula is C19H19NO5S. The number of carbonyl (C=O) groups is 1. The van der Waals surface area contributed by atoms with Gasteiger partial charge in [0, 0.05) is 0 Å². The Morgan fingerprint density at radius 2 is 1.77 bits per heavy atom. The average Bonchev–Trinajstić information content (AvgIpc) is 2.91. The fourth-order valence-corrected chi connectivity index (χ4v) is 4.23. The van der Waals surface area contributed by atoms with E-state index >= 15 is 0 Å². The van der Waals surface area contributed by atoms with Crippen LogP contribution in [0.25, 0.3) is 6.08 Å². The molecule has 6 nitrogen and oxygen atoms in total. The van der Waals surface area contributed by atoms with Gasteiger partial charge in [0.15, 0.2) is 0 Å². The second-order valence-electron chi connectivity index (χ2n) is 5.94. The lowest BCUT2D eigenvalue weighted by atomic mass is 10.1. The van der Waals surface area contributed by atoms with Crippen LogP contribution in [-0.2, 0) is 21.0 Å². The second kappa shape index (κ2) is 7.72. The van der Waals surface area contributed by atoms with Gasteiger partial charge in [0.05, 0.1) is 22.4 Å². The fourth-order valence-electron chi connectivity index (χ4n) is 2.76. The van der Waals surface area contributed by atoms with Crippen molar-refractivity contribution in [1.82, 2.24) is 5.32 Å². The van der Waals surface area contributed by atoms with Gasteiger partial charge in [0.1, 0.15) is 6.61 Å². The van der Waals surface area contributed by atoms with E-state index in [1.807, 2.05) is 30.3 Å². The number of ether oxygens (including phenoxy) is 1. The third-order valence-electron chi connectivity index (χ3n) is 4.08. The molecule has 1 amide bonds. The number of hydrogen-bond donors (Lipinski definition) is 2. The van der Waals surface area contributed by atoms with Gasteiger partial charge in [-0.1, -0.05) is 48.5 Å². The van der Waals surface area contributed by atoms with Gasteiger partial charge in [0.2, 0.25) is 9.84 Å². The predicted octanol–water partition coefficient (Wildman–Crippen LogP) is 2.14. The van der Waals surface area contributed by atoms with Gasteiger partial charge in [-0.25, -0.2) is 13.2 Å². The van der Waals surface area contributed by atoms with Gasteiger partial charge in [-0.2, -0.15) is 0 Å². The van der Waals surface area contributed by atoms with Gasteiger partial charge >= 0.3 is 6.09 Å². The van der Waals surface area contributed by atoms with E-state index in [2.05, 4.69) is 5.32 Å². The van der Waals surface area contributed by atoms with Gasteiger partial charge in [-0.15, -0.1) is 0 Å². The zero-order valence-electron chi connectivity index (χ0n) is 14.0. The lowest BCUT2D eigenvalue weighted by Crippen LogP contribution is -2.39. The maximum absolute atomic E-state index is 12.4. The highest BCUT2D eigenvalue weighted by atomic mass is 32.2. The second-order valence-corrected chi connectivity index (χ2v) is 7.91. The Kier molecular flexibility index (Phi) is 5.39. The molecule has 1 aliphatic rings. The number of alkyl carbamates (subject to hydrolysis) is 1. The van der Waals surface area contributed by atoms with Gasteiger partial charge in [-0.3, -0.25) is 0 Å². The van der Waals surface area contributed by atoms with Crippen LogP contribution in [0.15, 0.2) is 64.4 Å². The highest BCUT2D eigenvalue weighted by molar-refractivity contribution is 7.95. The lowest BCUT2D eigenvalue weighted by molar-refractivity contribution is 0.145. The number of hydrogen-bond acceptors (Lipinski definition) is 5. The normalized spacial score (nSPS) is 15.7. The van der Waals surface area contributed by atoms with E-state index in [1.165, 1.54) is 12.1 Å². The van der Waals surface area contributed by atoms with Gasteiger partial charge in [0.25, 0.3) is 0 Å². The molecule has 0 saturated carbocycles. The first-order valence-corrected chi connectivity index (χ1v) is 9.62. The van der Waals surface area contributed by atoms with E-state index in [4.69, 9.17) is 4.74 Å². The van der Waals surface area contributed by atoms with E-state index in [1.54, 1.807) is 18.2 Å². The van der Waals surface area contributed by atoms with Crippen molar-refractivity contribution < 1.29 is 23.1 Å². The molecular weight excluding hydrogens is 354 g/mol. The maximum Gasteiger partial charge on any atom is 0.407 e. The molecule has 0 bridgehead atoms. The summed E-state index contributed by atoms with van der Waals surface area (Å²) in [7, 11) is -3.62. The molecule has 0 radical (unpaired) electrons. The Morgan fingerprint density at radius 1 is 1.08 bits per heavy atom. The zero-order chi connectivity index (χ0) is 18.6. The molecule has 0 unspecified atom stereocenters. The van der Waals surface area contributed by atoms with Gasteiger partial charge < -0.3 is 15.2 Å². The number of sulfone groups is 1. The summed E-state index contributed by atoms with van der Waals surface area (Å²) in [6.07, 6.45) is 1.18. The van der Waals surface area contributed by atoms with E-state index in [0.29, 0.717) is 12.0 Å². The molecule has 1 aliphatic heterocycles. The summed E-state index contributed by atoms with van der Waals surface area (Å²) >= 11 is 0. The molecule has 1 heterocycles. The van der Waals surface area contributed by atoms with E-state index in [-0.39, 0.29) is 23.0 Å². The van der Waals surface area contributed by atoms with Crippen LogP contribution in [0.2, 0.25) is 0 Å². The number of carbonyl (C=O) groups excluding carboxylic acids is 1. The quantitative estimate of drug-likeness (QED) is 0.809. The zero-order valence-corrected chi connectivity index (χ0v) is 14.8. The fraction of sp³-hybridized carbons (Fsp3) is 0.211. The maximum atomic E-state index is 12.4. The van der Waals surface area contributed by atoms with Crippen molar-refractivity contribution in [3.8, 4) is 0 Å².